The molecule has 1 aliphatic heterocycles. The predicted octanol–water partition coefficient (Wildman–Crippen LogP) is 6.26. The molecule has 1 N–H and O–H groups in total. The third-order valence-corrected chi connectivity index (χ3v) is 6.23. The molecule has 0 spiro atoms. The van der Waals surface area contributed by atoms with Crippen molar-refractivity contribution >= 4 is 5.97 Å². The third kappa shape index (κ3) is 3.27. The molecular formula is C27H28O4. The summed E-state index contributed by atoms with van der Waals surface area (Å²) in [5.74, 6) is 0.910. The number of esters is 1. The van der Waals surface area contributed by atoms with Crippen LogP contribution in [0.3, 0.4) is 0 Å². The van der Waals surface area contributed by atoms with Gasteiger partial charge in [0, 0.05) is 11.1 Å². The summed E-state index contributed by atoms with van der Waals surface area (Å²) in [7, 11) is 1.68. The molecule has 0 saturated heterocycles. The minimum Gasteiger partial charge on any atom is -0.508 e. The van der Waals surface area contributed by atoms with Crippen molar-refractivity contribution in [2.45, 2.75) is 45.6 Å². The molecule has 0 radical (unpaired) electrons. The van der Waals surface area contributed by atoms with Crippen LogP contribution < -0.4 is 4.74 Å². The molecule has 1 atom stereocenters. The van der Waals surface area contributed by atoms with E-state index in [9.17, 15) is 9.90 Å². The number of hydrogen-bond donors (Lipinski definition) is 1. The maximum atomic E-state index is 13.1. The predicted molar refractivity (Wildman–Crippen MR) is 122 cm³/mol. The number of aliphatic hydroxyl groups excluding tert-OH is 1. The van der Waals surface area contributed by atoms with Crippen LogP contribution in [0.5, 0.6) is 5.75 Å². The van der Waals surface area contributed by atoms with Crippen LogP contribution in [-0.4, -0.2) is 18.2 Å². The van der Waals surface area contributed by atoms with E-state index in [1.165, 1.54) is 0 Å². The molecule has 2 aliphatic rings. The molecule has 0 bridgehead atoms. The summed E-state index contributed by atoms with van der Waals surface area (Å²) in [6.45, 7) is 8.22. The Morgan fingerprint density at radius 2 is 1.87 bits per heavy atom. The first-order valence-electron chi connectivity index (χ1n) is 10.6. The normalized spacial score (nSPS) is 20.5. The minimum absolute atomic E-state index is 0.189. The van der Waals surface area contributed by atoms with Crippen LogP contribution in [0.2, 0.25) is 0 Å². The van der Waals surface area contributed by atoms with Crippen molar-refractivity contribution in [3.63, 3.8) is 0 Å². The number of aryl methyl sites for hydroxylation is 1. The number of fused-ring (bicyclic) bond motifs is 1. The maximum absolute atomic E-state index is 13.1. The van der Waals surface area contributed by atoms with Gasteiger partial charge in [-0.05, 0) is 78.8 Å². The zero-order valence-electron chi connectivity index (χ0n) is 18.7. The number of hydrogen-bond acceptors (Lipinski definition) is 4. The van der Waals surface area contributed by atoms with Gasteiger partial charge in [0.15, 0.2) is 5.60 Å². The van der Waals surface area contributed by atoms with Crippen molar-refractivity contribution in [2.75, 3.05) is 7.11 Å². The van der Waals surface area contributed by atoms with Gasteiger partial charge in [0.05, 0.1) is 12.7 Å². The molecule has 4 rings (SSSR count). The minimum atomic E-state index is -1.07. The third-order valence-electron chi connectivity index (χ3n) is 6.23. The summed E-state index contributed by atoms with van der Waals surface area (Å²) >= 11 is 0. The van der Waals surface area contributed by atoms with Crippen molar-refractivity contribution in [3.8, 4) is 5.75 Å². The van der Waals surface area contributed by atoms with E-state index in [1.54, 1.807) is 19.3 Å². The highest BCUT2D eigenvalue weighted by atomic mass is 16.6. The van der Waals surface area contributed by atoms with Crippen LogP contribution in [0, 0.1) is 6.92 Å². The quantitative estimate of drug-likeness (QED) is 0.598. The second-order valence-electron chi connectivity index (χ2n) is 8.52. The lowest BCUT2D eigenvalue weighted by Crippen LogP contribution is -2.32. The molecule has 0 fully saturated rings. The Kier molecular flexibility index (Phi) is 5.26. The molecule has 160 valence electrons. The van der Waals surface area contributed by atoms with E-state index < -0.39 is 5.60 Å². The van der Waals surface area contributed by atoms with Gasteiger partial charge in [0.1, 0.15) is 11.5 Å². The lowest BCUT2D eigenvalue weighted by Gasteiger charge is -2.35. The first-order chi connectivity index (χ1) is 14.8. The van der Waals surface area contributed by atoms with Crippen LogP contribution >= 0.6 is 0 Å². The van der Waals surface area contributed by atoms with Crippen molar-refractivity contribution in [1.82, 2.24) is 0 Å². The van der Waals surface area contributed by atoms with Gasteiger partial charge >= 0.3 is 5.97 Å². The Bertz CT molecular complexity index is 1150. The van der Waals surface area contributed by atoms with Crippen LogP contribution in [0.1, 0.15) is 65.7 Å². The Hall–Kier alpha value is -3.27. The highest BCUT2D eigenvalue weighted by molar-refractivity contribution is 5.96. The van der Waals surface area contributed by atoms with E-state index in [4.69, 9.17) is 9.47 Å². The molecule has 1 unspecified atom stereocenters. The SMILES string of the molecule is COc1cc(C)c(C2(C3=C(C)C=C(O)C=CC3)OC(=O)c3ccccc32)cc1C(C)C. The van der Waals surface area contributed by atoms with Crippen molar-refractivity contribution < 1.29 is 19.4 Å². The molecule has 4 nitrogen and oxygen atoms in total. The van der Waals surface area contributed by atoms with Crippen LogP contribution in [0.15, 0.2) is 71.5 Å². The first kappa shape index (κ1) is 21.0. The molecule has 2 aromatic rings. The Morgan fingerprint density at radius 1 is 1.13 bits per heavy atom. The van der Waals surface area contributed by atoms with Gasteiger partial charge in [-0.25, -0.2) is 4.79 Å². The zero-order chi connectivity index (χ0) is 22.3. The Morgan fingerprint density at radius 3 is 2.58 bits per heavy atom. The number of aliphatic hydroxyl groups is 1. The molecule has 2 aromatic carbocycles. The number of allylic oxidation sites excluding steroid dienone is 4. The fourth-order valence-corrected chi connectivity index (χ4v) is 4.75. The second kappa shape index (κ2) is 7.77. The molecule has 31 heavy (non-hydrogen) atoms. The summed E-state index contributed by atoms with van der Waals surface area (Å²) in [5, 5.41) is 10.2. The molecular weight excluding hydrogens is 388 g/mol. The van der Waals surface area contributed by atoms with E-state index in [1.807, 2.05) is 50.3 Å². The topological polar surface area (TPSA) is 55.8 Å². The summed E-state index contributed by atoms with van der Waals surface area (Å²) in [6, 6.07) is 11.7. The number of cyclic esters (lactones) is 1. The molecule has 0 amide bonds. The van der Waals surface area contributed by atoms with Crippen molar-refractivity contribution in [1.29, 1.82) is 0 Å². The van der Waals surface area contributed by atoms with E-state index in [0.29, 0.717) is 12.0 Å². The van der Waals surface area contributed by atoms with Gasteiger partial charge in [-0.2, -0.15) is 0 Å². The standard InChI is InChI=1S/C27H28O4/c1-16(2)21-15-24(18(4)14-25(21)30-5)27(22-12-8-9-19(28)13-17(22)3)23-11-7-6-10-20(23)26(29)31-27/h6-11,13-16,28H,12H2,1-5H3. The van der Waals surface area contributed by atoms with Crippen molar-refractivity contribution in [2.24, 2.45) is 0 Å². The number of carbonyl (C=O) groups is 1. The van der Waals surface area contributed by atoms with Crippen LogP contribution in [0.25, 0.3) is 0 Å². The van der Waals surface area contributed by atoms with Gasteiger partial charge in [0.25, 0.3) is 0 Å². The maximum Gasteiger partial charge on any atom is 0.340 e. The lowest BCUT2D eigenvalue weighted by atomic mass is 9.74. The highest BCUT2D eigenvalue weighted by Crippen LogP contribution is 2.52. The molecule has 4 heteroatoms. The average Bonchev–Trinajstić information content (AvgIpc) is 2.91. The first-order valence-corrected chi connectivity index (χ1v) is 10.6. The second-order valence-corrected chi connectivity index (χ2v) is 8.52. The van der Waals surface area contributed by atoms with E-state index >= 15 is 0 Å². The summed E-state index contributed by atoms with van der Waals surface area (Å²) in [5.41, 5.74) is 5.13. The lowest BCUT2D eigenvalue weighted by molar-refractivity contribution is 0.0228. The van der Waals surface area contributed by atoms with Gasteiger partial charge in [-0.3, -0.25) is 0 Å². The fourth-order valence-electron chi connectivity index (χ4n) is 4.75. The fraction of sp³-hybridized carbons (Fsp3) is 0.296. The summed E-state index contributed by atoms with van der Waals surface area (Å²) < 4.78 is 12.0. The molecule has 0 aromatic heterocycles. The van der Waals surface area contributed by atoms with Gasteiger partial charge < -0.3 is 14.6 Å². The van der Waals surface area contributed by atoms with E-state index in [0.717, 1.165) is 39.1 Å². The summed E-state index contributed by atoms with van der Waals surface area (Å²) in [6.07, 6.45) is 5.89. The highest BCUT2D eigenvalue weighted by Gasteiger charge is 2.51. The monoisotopic (exact) mass is 416 g/mol. The van der Waals surface area contributed by atoms with Crippen LogP contribution in [0.4, 0.5) is 0 Å². The van der Waals surface area contributed by atoms with Gasteiger partial charge in [-0.1, -0.05) is 38.1 Å². The van der Waals surface area contributed by atoms with Crippen LogP contribution in [-0.2, 0) is 10.3 Å². The smallest absolute Gasteiger partial charge is 0.340 e. The van der Waals surface area contributed by atoms with Gasteiger partial charge in [0.2, 0.25) is 0 Å². The Balaban J connectivity index is 2.11. The number of methoxy groups -OCH3 is 1. The van der Waals surface area contributed by atoms with E-state index in [-0.39, 0.29) is 17.6 Å². The van der Waals surface area contributed by atoms with Crippen molar-refractivity contribution in [3.05, 3.63) is 99.3 Å². The average molecular weight is 417 g/mol. The molecule has 1 heterocycles. The number of rotatable bonds is 4. The molecule has 0 saturated carbocycles. The molecule has 1 aliphatic carbocycles. The largest absolute Gasteiger partial charge is 0.508 e. The summed E-state index contributed by atoms with van der Waals surface area (Å²) in [4.78, 5) is 13.1. The van der Waals surface area contributed by atoms with E-state index in [2.05, 4.69) is 19.9 Å². The zero-order valence-corrected chi connectivity index (χ0v) is 18.7. The number of ether oxygens (including phenoxy) is 2. The Labute approximate surface area is 183 Å². The number of benzene rings is 2. The van der Waals surface area contributed by atoms with Gasteiger partial charge in [-0.15, -0.1) is 0 Å². The number of carbonyl (C=O) groups excluding carboxylic acids is 1.